The molecule has 1 amide bonds. The molecule has 1 aromatic heterocycles. The molecule has 0 aliphatic heterocycles. The fourth-order valence-corrected chi connectivity index (χ4v) is 2.50. The molecule has 7 nitrogen and oxygen atoms in total. The van der Waals surface area contributed by atoms with Gasteiger partial charge in [-0.2, -0.15) is 0 Å². The number of rotatable bonds is 5. The Morgan fingerprint density at radius 3 is 2.78 bits per heavy atom. The van der Waals surface area contributed by atoms with Crippen LogP contribution in [0, 0.1) is 0 Å². The van der Waals surface area contributed by atoms with Crippen molar-refractivity contribution in [1.82, 2.24) is 15.0 Å². The Bertz CT molecular complexity index is 571. The molecule has 0 atom stereocenters. The average molecular weight is 288 g/mol. The summed E-state index contributed by atoms with van der Waals surface area (Å²) < 4.78 is 26.0. The summed E-state index contributed by atoms with van der Waals surface area (Å²) in [5.74, 6) is -0.459. The number of aromatic nitrogens is 1. The molecule has 98 valence electrons. The first-order valence-corrected chi connectivity index (χ1v) is 6.72. The van der Waals surface area contributed by atoms with Gasteiger partial charge >= 0.3 is 0 Å². The summed E-state index contributed by atoms with van der Waals surface area (Å²) in [6.45, 7) is -0.371. The third kappa shape index (κ3) is 3.45. The number of pyridine rings is 1. The van der Waals surface area contributed by atoms with E-state index in [1.54, 1.807) is 0 Å². The van der Waals surface area contributed by atoms with Crippen molar-refractivity contribution in [3.8, 4) is 0 Å². The summed E-state index contributed by atoms with van der Waals surface area (Å²) in [6.07, 6.45) is 1.38. The summed E-state index contributed by atoms with van der Waals surface area (Å²) in [7, 11) is -2.48. The number of amides is 1. The first kappa shape index (κ1) is 14.5. The topological polar surface area (TPSA) is 114 Å². The second kappa shape index (κ2) is 5.85. The van der Waals surface area contributed by atoms with Crippen molar-refractivity contribution >= 4 is 33.1 Å². The van der Waals surface area contributed by atoms with Gasteiger partial charge in [-0.25, -0.2) is 13.1 Å². The second-order valence-corrected chi connectivity index (χ2v) is 5.39. The molecule has 1 rings (SSSR count). The number of hydrogen-bond acceptors (Lipinski definition) is 5. The van der Waals surface area contributed by atoms with Crippen LogP contribution in [0.1, 0.15) is 5.69 Å². The van der Waals surface area contributed by atoms with Crippen LogP contribution in [0.2, 0.25) is 0 Å². The molecule has 0 aliphatic carbocycles. The van der Waals surface area contributed by atoms with E-state index in [2.05, 4.69) is 15.0 Å². The highest BCUT2D eigenvalue weighted by atomic mass is 32.2. The molecule has 1 aromatic rings. The lowest BCUT2D eigenvalue weighted by Crippen LogP contribution is -2.36. The van der Waals surface area contributed by atoms with Gasteiger partial charge in [0, 0.05) is 13.2 Å². The number of sulfonamides is 1. The van der Waals surface area contributed by atoms with Crippen LogP contribution in [0.25, 0.3) is 0 Å². The maximum absolute atomic E-state index is 11.9. The van der Waals surface area contributed by atoms with Gasteiger partial charge in [-0.3, -0.25) is 9.78 Å². The van der Waals surface area contributed by atoms with Gasteiger partial charge in [0.15, 0.2) is 0 Å². The van der Waals surface area contributed by atoms with E-state index in [0.29, 0.717) is 0 Å². The molecule has 0 fully saturated rings. The number of nitrogens with two attached hydrogens (primary N) is 1. The zero-order chi connectivity index (χ0) is 13.8. The summed E-state index contributed by atoms with van der Waals surface area (Å²) in [4.78, 5) is 14.5. The maximum Gasteiger partial charge on any atom is 0.243 e. The van der Waals surface area contributed by atoms with Crippen molar-refractivity contribution in [2.24, 2.45) is 5.73 Å². The molecule has 1 heterocycles. The molecule has 0 bridgehead atoms. The molecule has 18 heavy (non-hydrogen) atoms. The van der Waals surface area contributed by atoms with Crippen molar-refractivity contribution in [2.45, 2.75) is 4.90 Å². The maximum atomic E-state index is 11.9. The van der Waals surface area contributed by atoms with Crippen LogP contribution in [0.15, 0.2) is 23.2 Å². The minimum absolute atomic E-state index is 0.00286. The summed E-state index contributed by atoms with van der Waals surface area (Å²) >= 11 is 4.72. The highest BCUT2D eigenvalue weighted by molar-refractivity contribution is 7.89. The third-order valence-electron chi connectivity index (χ3n) is 2.00. The second-order valence-electron chi connectivity index (χ2n) is 3.21. The highest BCUT2D eigenvalue weighted by Gasteiger charge is 2.20. The lowest BCUT2D eigenvalue weighted by Gasteiger charge is -2.09. The number of hydrogen-bond donors (Lipinski definition) is 3. The molecule has 0 radical (unpaired) electrons. The number of thiocarbonyl (C=S) groups is 1. The minimum Gasteiger partial charge on any atom is -0.388 e. The van der Waals surface area contributed by atoms with Crippen LogP contribution in [-0.2, 0) is 14.8 Å². The Balaban J connectivity index is 3.05. The Kier molecular flexibility index (Phi) is 4.70. The summed E-state index contributed by atoms with van der Waals surface area (Å²) in [6, 6.07) is 2.75. The number of likely N-dealkylation sites (N-methyl/N-ethyl adjacent to an activating group) is 1. The van der Waals surface area contributed by atoms with Crippen LogP contribution in [0.3, 0.4) is 0 Å². The molecule has 0 saturated heterocycles. The van der Waals surface area contributed by atoms with Crippen molar-refractivity contribution < 1.29 is 13.2 Å². The van der Waals surface area contributed by atoms with E-state index in [1.165, 1.54) is 25.4 Å². The molecule has 0 saturated carbocycles. The van der Waals surface area contributed by atoms with Crippen molar-refractivity contribution in [3.05, 3.63) is 24.0 Å². The standard InChI is InChI=1S/C9H12N4O3S2/c1-11-7(14)5-13-18(15,16)6-3-2-4-12-8(6)9(10)17/h2-4,13H,5H2,1H3,(H2,10,17)(H,11,14). The molecule has 0 unspecified atom stereocenters. The van der Waals surface area contributed by atoms with E-state index in [0.717, 1.165) is 0 Å². The molecule has 0 aromatic carbocycles. The zero-order valence-corrected chi connectivity index (χ0v) is 11.1. The van der Waals surface area contributed by atoms with E-state index in [1.807, 2.05) is 0 Å². The van der Waals surface area contributed by atoms with E-state index >= 15 is 0 Å². The monoisotopic (exact) mass is 288 g/mol. The first-order chi connectivity index (χ1) is 8.38. The molecule has 4 N–H and O–H groups in total. The number of nitrogens with zero attached hydrogens (tertiary/aromatic N) is 1. The minimum atomic E-state index is -3.88. The SMILES string of the molecule is CNC(=O)CNS(=O)(=O)c1cccnc1C(N)=S. The molecular weight excluding hydrogens is 276 g/mol. The normalized spacial score (nSPS) is 10.9. The predicted octanol–water partition coefficient (Wildman–Crippen LogP) is -1.26. The molecule has 9 heteroatoms. The van der Waals surface area contributed by atoms with Gasteiger partial charge in [-0.05, 0) is 12.1 Å². The van der Waals surface area contributed by atoms with Crippen LogP contribution in [0.5, 0.6) is 0 Å². The quantitative estimate of drug-likeness (QED) is 0.583. The molecular formula is C9H12N4O3S2. The fraction of sp³-hybridized carbons (Fsp3) is 0.222. The Morgan fingerprint density at radius 1 is 1.56 bits per heavy atom. The predicted molar refractivity (Wildman–Crippen MR) is 69.4 cm³/mol. The summed E-state index contributed by atoms with van der Waals surface area (Å²) in [5, 5.41) is 2.29. The molecule has 0 spiro atoms. The van der Waals surface area contributed by atoms with E-state index in [9.17, 15) is 13.2 Å². The number of carbonyl (C=O) groups is 1. The van der Waals surface area contributed by atoms with E-state index < -0.39 is 15.9 Å². The van der Waals surface area contributed by atoms with Crippen molar-refractivity contribution in [3.63, 3.8) is 0 Å². The lowest BCUT2D eigenvalue weighted by atomic mass is 10.3. The molecule has 0 aliphatic rings. The van der Waals surface area contributed by atoms with Gasteiger partial charge in [0.25, 0.3) is 0 Å². The van der Waals surface area contributed by atoms with Gasteiger partial charge in [-0.15, -0.1) is 0 Å². The van der Waals surface area contributed by atoms with Crippen LogP contribution < -0.4 is 15.8 Å². The van der Waals surface area contributed by atoms with Crippen LogP contribution >= 0.6 is 12.2 Å². The smallest absolute Gasteiger partial charge is 0.243 e. The largest absolute Gasteiger partial charge is 0.388 e. The number of carbonyl (C=O) groups excluding carboxylic acids is 1. The fourth-order valence-electron chi connectivity index (χ4n) is 1.12. The van der Waals surface area contributed by atoms with Gasteiger partial charge in [-0.1, -0.05) is 12.2 Å². The average Bonchev–Trinajstić information content (AvgIpc) is 2.36. The Hall–Kier alpha value is -1.58. The summed E-state index contributed by atoms with van der Waals surface area (Å²) in [5.41, 5.74) is 5.39. The van der Waals surface area contributed by atoms with Crippen molar-refractivity contribution in [2.75, 3.05) is 13.6 Å². The van der Waals surface area contributed by atoms with Gasteiger partial charge in [0.2, 0.25) is 15.9 Å². The van der Waals surface area contributed by atoms with Gasteiger partial charge in [0.1, 0.15) is 15.6 Å². The van der Waals surface area contributed by atoms with E-state index in [-0.39, 0.29) is 22.1 Å². The first-order valence-electron chi connectivity index (χ1n) is 4.83. The van der Waals surface area contributed by atoms with Crippen LogP contribution in [0.4, 0.5) is 0 Å². The highest BCUT2D eigenvalue weighted by Crippen LogP contribution is 2.12. The number of nitrogens with one attached hydrogen (secondary N) is 2. The Labute approximate surface area is 110 Å². The van der Waals surface area contributed by atoms with Crippen molar-refractivity contribution in [1.29, 1.82) is 0 Å². The lowest BCUT2D eigenvalue weighted by molar-refractivity contribution is -0.119. The zero-order valence-electron chi connectivity index (χ0n) is 9.50. The Morgan fingerprint density at radius 2 is 2.22 bits per heavy atom. The van der Waals surface area contributed by atoms with Gasteiger partial charge in [0.05, 0.1) is 6.54 Å². The third-order valence-corrected chi connectivity index (χ3v) is 3.62. The van der Waals surface area contributed by atoms with E-state index in [4.69, 9.17) is 18.0 Å². The van der Waals surface area contributed by atoms with Gasteiger partial charge < -0.3 is 11.1 Å². The van der Waals surface area contributed by atoms with Crippen LogP contribution in [-0.4, -0.2) is 37.9 Å².